The number of hydrogen-bond acceptors (Lipinski definition) is 4. The molecule has 100 valence electrons. The van der Waals surface area contributed by atoms with Crippen molar-refractivity contribution in [1.29, 1.82) is 0 Å². The van der Waals surface area contributed by atoms with Crippen LogP contribution in [0.3, 0.4) is 0 Å². The van der Waals surface area contributed by atoms with E-state index in [1.807, 2.05) is 6.92 Å². The molecule has 2 rings (SSSR count). The summed E-state index contributed by atoms with van der Waals surface area (Å²) >= 11 is 0. The van der Waals surface area contributed by atoms with E-state index in [9.17, 15) is 4.39 Å². The van der Waals surface area contributed by atoms with E-state index >= 15 is 0 Å². The van der Waals surface area contributed by atoms with Crippen LogP contribution in [-0.2, 0) is 4.74 Å². The zero-order chi connectivity index (χ0) is 13.0. The largest absolute Gasteiger partial charge is 0.491 e. The van der Waals surface area contributed by atoms with E-state index < -0.39 is 5.82 Å². The van der Waals surface area contributed by atoms with Gasteiger partial charge in [-0.05, 0) is 19.8 Å². The van der Waals surface area contributed by atoms with Gasteiger partial charge in [0, 0.05) is 31.4 Å². The van der Waals surface area contributed by atoms with Gasteiger partial charge in [-0.15, -0.1) is 0 Å². The molecule has 1 aromatic carbocycles. The van der Waals surface area contributed by atoms with Gasteiger partial charge in [-0.2, -0.15) is 0 Å². The molecule has 0 radical (unpaired) electrons. The van der Waals surface area contributed by atoms with Crippen LogP contribution in [0.2, 0.25) is 0 Å². The molecule has 0 unspecified atom stereocenters. The first kappa shape index (κ1) is 13.0. The summed E-state index contributed by atoms with van der Waals surface area (Å²) in [6.07, 6.45) is 1.86. The predicted octanol–water partition coefficient (Wildman–Crippen LogP) is 2.40. The Morgan fingerprint density at radius 2 is 2.17 bits per heavy atom. The van der Waals surface area contributed by atoms with Crippen LogP contribution >= 0.6 is 0 Å². The molecule has 1 aliphatic heterocycles. The van der Waals surface area contributed by atoms with Crippen molar-refractivity contribution in [3.05, 3.63) is 17.9 Å². The molecule has 5 heteroatoms. The lowest BCUT2D eigenvalue weighted by Gasteiger charge is -2.25. The summed E-state index contributed by atoms with van der Waals surface area (Å²) in [6.45, 7) is 3.74. The third kappa shape index (κ3) is 3.04. The molecule has 1 aromatic rings. The lowest BCUT2D eigenvalue weighted by Crippen LogP contribution is -2.28. The average Bonchev–Trinajstić information content (AvgIpc) is 2.37. The van der Waals surface area contributed by atoms with Crippen LogP contribution in [0.5, 0.6) is 5.75 Å². The molecule has 3 N–H and O–H groups in total. The molecule has 0 saturated carbocycles. The van der Waals surface area contributed by atoms with Crippen LogP contribution in [0, 0.1) is 5.82 Å². The summed E-state index contributed by atoms with van der Waals surface area (Å²) in [5.74, 6) is -0.187. The number of nitrogen functional groups attached to an aromatic ring is 1. The Labute approximate surface area is 106 Å². The van der Waals surface area contributed by atoms with E-state index in [1.165, 1.54) is 6.07 Å². The van der Waals surface area contributed by atoms with E-state index in [4.69, 9.17) is 15.2 Å². The second kappa shape index (κ2) is 5.91. The third-order valence-electron chi connectivity index (χ3n) is 2.98. The van der Waals surface area contributed by atoms with Gasteiger partial charge in [0.25, 0.3) is 0 Å². The fourth-order valence-electron chi connectivity index (χ4n) is 2.02. The fraction of sp³-hybridized carbons (Fsp3) is 0.538. The number of benzene rings is 1. The minimum atomic E-state index is -0.424. The van der Waals surface area contributed by atoms with E-state index in [0.717, 1.165) is 31.7 Å². The van der Waals surface area contributed by atoms with Gasteiger partial charge in [0.1, 0.15) is 0 Å². The second-order valence-corrected chi connectivity index (χ2v) is 4.33. The summed E-state index contributed by atoms with van der Waals surface area (Å²) in [5.41, 5.74) is 6.95. The molecule has 4 nitrogen and oxygen atoms in total. The van der Waals surface area contributed by atoms with E-state index in [0.29, 0.717) is 18.3 Å². The lowest BCUT2D eigenvalue weighted by atomic mass is 10.1. The minimum absolute atomic E-state index is 0.237. The van der Waals surface area contributed by atoms with E-state index in [-0.39, 0.29) is 5.75 Å². The molecule has 1 aliphatic rings. The van der Waals surface area contributed by atoms with Crippen LogP contribution in [0.4, 0.5) is 15.8 Å². The molecule has 1 fully saturated rings. The summed E-state index contributed by atoms with van der Waals surface area (Å²) in [7, 11) is 0. The average molecular weight is 254 g/mol. The molecule has 18 heavy (non-hydrogen) atoms. The monoisotopic (exact) mass is 254 g/mol. The number of halogens is 1. The molecular formula is C13H19FN2O2. The van der Waals surface area contributed by atoms with Gasteiger partial charge < -0.3 is 20.5 Å². The van der Waals surface area contributed by atoms with Crippen molar-refractivity contribution in [3.8, 4) is 5.75 Å². The number of anilines is 2. The number of nitrogens with one attached hydrogen (secondary N) is 1. The van der Waals surface area contributed by atoms with Gasteiger partial charge in [-0.1, -0.05) is 0 Å². The van der Waals surface area contributed by atoms with Crippen molar-refractivity contribution < 1.29 is 13.9 Å². The van der Waals surface area contributed by atoms with Crippen molar-refractivity contribution in [2.45, 2.75) is 25.8 Å². The first-order chi connectivity index (χ1) is 8.70. The van der Waals surface area contributed by atoms with Gasteiger partial charge in [0.15, 0.2) is 11.6 Å². The Balaban J connectivity index is 2.12. The SMILES string of the molecule is CCOc1cc(NC2CCOCC2)c(N)cc1F. The minimum Gasteiger partial charge on any atom is -0.491 e. The highest BCUT2D eigenvalue weighted by Crippen LogP contribution is 2.29. The Bertz CT molecular complexity index is 406. The van der Waals surface area contributed by atoms with Crippen LogP contribution in [0.1, 0.15) is 19.8 Å². The molecule has 0 aliphatic carbocycles. The van der Waals surface area contributed by atoms with Crippen molar-refractivity contribution in [3.63, 3.8) is 0 Å². The maximum atomic E-state index is 13.5. The molecule has 1 saturated heterocycles. The first-order valence-corrected chi connectivity index (χ1v) is 6.26. The standard InChI is InChI=1S/C13H19FN2O2/c1-2-18-13-8-12(11(15)7-10(13)14)16-9-3-5-17-6-4-9/h7-9,16H,2-6,15H2,1H3. The van der Waals surface area contributed by atoms with Gasteiger partial charge >= 0.3 is 0 Å². The van der Waals surface area contributed by atoms with Crippen molar-refractivity contribution in [2.24, 2.45) is 0 Å². The van der Waals surface area contributed by atoms with Crippen LogP contribution in [0.15, 0.2) is 12.1 Å². The van der Waals surface area contributed by atoms with Crippen LogP contribution in [0.25, 0.3) is 0 Å². The highest BCUT2D eigenvalue weighted by atomic mass is 19.1. The summed E-state index contributed by atoms with van der Waals surface area (Å²) in [5, 5.41) is 3.32. The van der Waals surface area contributed by atoms with Gasteiger partial charge in [0.05, 0.1) is 18.0 Å². The Hall–Kier alpha value is -1.49. The first-order valence-electron chi connectivity index (χ1n) is 6.26. The molecular weight excluding hydrogens is 235 g/mol. The van der Waals surface area contributed by atoms with E-state index in [2.05, 4.69) is 5.32 Å². The molecule has 0 spiro atoms. The zero-order valence-corrected chi connectivity index (χ0v) is 10.5. The molecule has 0 aromatic heterocycles. The highest BCUT2D eigenvalue weighted by Gasteiger charge is 2.16. The van der Waals surface area contributed by atoms with Gasteiger partial charge in [-0.3, -0.25) is 0 Å². The normalized spacial score (nSPS) is 16.6. The number of ether oxygens (including phenoxy) is 2. The van der Waals surface area contributed by atoms with Gasteiger partial charge in [-0.25, -0.2) is 4.39 Å². The number of rotatable bonds is 4. The van der Waals surface area contributed by atoms with Crippen LogP contribution < -0.4 is 15.8 Å². The Morgan fingerprint density at radius 3 is 2.83 bits per heavy atom. The molecule has 0 atom stereocenters. The third-order valence-corrected chi connectivity index (χ3v) is 2.98. The highest BCUT2D eigenvalue weighted by molar-refractivity contribution is 5.69. The topological polar surface area (TPSA) is 56.5 Å². The van der Waals surface area contributed by atoms with Gasteiger partial charge in [0.2, 0.25) is 0 Å². The number of nitrogens with two attached hydrogens (primary N) is 1. The van der Waals surface area contributed by atoms with Crippen molar-refractivity contribution >= 4 is 11.4 Å². The van der Waals surface area contributed by atoms with E-state index in [1.54, 1.807) is 6.07 Å². The Kier molecular flexibility index (Phi) is 4.25. The predicted molar refractivity (Wildman–Crippen MR) is 69.4 cm³/mol. The summed E-state index contributed by atoms with van der Waals surface area (Å²) in [6, 6.07) is 3.25. The molecule has 0 amide bonds. The van der Waals surface area contributed by atoms with Crippen molar-refractivity contribution in [1.82, 2.24) is 0 Å². The Morgan fingerprint density at radius 1 is 1.44 bits per heavy atom. The fourth-order valence-corrected chi connectivity index (χ4v) is 2.02. The maximum absolute atomic E-state index is 13.5. The van der Waals surface area contributed by atoms with Crippen LogP contribution in [-0.4, -0.2) is 25.9 Å². The second-order valence-electron chi connectivity index (χ2n) is 4.33. The molecule has 0 bridgehead atoms. The lowest BCUT2D eigenvalue weighted by molar-refractivity contribution is 0.0904. The maximum Gasteiger partial charge on any atom is 0.167 e. The smallest absolute Gasteiger partial charge is 0.167 e. The summed E-state index contributed by atoms with van der Waals surface area (Å²) < 4.78 is 24.1. The zero-order valence-electron chi connectivity index (χ0n) is 10.5. The summed E-state index contributed by atoms with van der Waals surface area (Å²) in [4.78, 5) is 0. The number of hydrogen-bond donors (Lipinski definition) is 2. The van der Waals surface area contributed by atoms with Crippen molar-refractivity contribution in [2.75, 3.05) is 30.9 Å². The quantitative estimate of drug-likeness (QED) is 0.810. The molecule has 1 heterocycles.